The summed E-state index contributed by atoms with van der Waals surface area (Å²) >= 11 is 0. The van der Waals surface area contributed by atoms with Gasteiger partial charge in [-0.3, -0.25) is 4.68 Å². The summed E-state index contributed by atoms with van der Waals surface area (Å²) in [4.78, 5) is 4.72. The molecule has 0 fully saturated rings. The molecule has 5 heteroatoms. The molecule has 0 atom stereocenters. The lowest BCUT2D eigenvalue weighted by atomic mass is 10.1. The van der Waals surface area contributed by atoms with Crippen molar-refractivity contribution in [1.82, 2.24) is 20.4 Å². The minimum absolute atomic E-state index is 0.724. The molecule has 0 aliphatic heterocycles. The predicted molar refractivity (Wildman–Crippen MR) is 98.1 cm³/mol. The van der Waals surface area contributed by atoms with Crippen LogP contribution < -0.4 is 10.6 Å². The fourth-order valence-corrected chi connectivity index (χ4v) is 3.12. The summed E-state index contributed by atoms with van der Waals surface area (Å²) in [6.07, 6.45) is 8.58. The fraction of sp³-hybridized carbons (Fsp3) is 0.474. The van der Waals surface area contributed by atoms with Crippen LogP contribution in [0.3, 0.4) is 0 Å². The van der Waals surface area contributed by atoms with Crippen molar-refractivity contribution >= 4 is 5.96 Å². The minimum Gasteiger partial charge on any atom is -0.357 e. The van der Waals surface area contributed by atoms with E-state index in [1.165, 1.54) is 36.0 Å². The van der Waals surface area contributed by atoms with Gasteiger partial charge in [-0.05, 0) is 55.4 Å². The van der Waals surface area contributed by atoms with Crippen LogP contribution in [0.15, 0.2) is 41.7 Å². The summed E-state index contributed by atoms with van der Waals surface area (Å²) < 4.78 is 1.95. The average molecular weight is 325 g/mol. The zero-order chi connectivity index (χ0) is 16.6. The van der Waals surface area contributed by atoms with Crippen LogP contribution in [-0.2, 0) is 25.9 Å². The second-order valence-corrected chi connectivity index (χ2v) is 6.20. The lowest BCUT2D eigenvalue weighted by Gasteiger charge is -2.11. The maximum atomic E-state index is 4.72. The van der Waals surface area contributed by atoms with E-state index >= 15 is 0 Å². The summed E-state index contributed by atoms with van der Waals surface area (Å²) in [5.41, 5.74) is 4.33. The van der Waals surface area contributed by atoms with Crippen molar-refractivity contribution in [3.63, 3.8) is 0 Å². The molecule has 0 amide bonds. The van der Waals surface area contributed by atoms with Gasteiger partial charge in [0.1, 0.15) is 0 Å². The fourth-order valence-electron chi connectivity index (χ4n) is 3.12. The number of aliphatic imine (C=N–C) groups is 1. The molecule has 0 radical (unpaired) electrons. The SMILES string of the molecule is CCNC(=NCc1ccc2c(c1)CCC2)NCCCn1cccn1. The van der Waals surface area contributed by atoms with E-state index < -0.39 is 0 Å². The monoisotopic (exact) mass is 325 g/mol. The van der Waals surface area contributed by atoms with Crippen molar-refractivity contribution in [1.29, 1.82) is 0 Å². The first kappa shape index (κ1) is 16.6. The third-order valence-electron chi connectivity index (χ3n) is 4.34. The Morgan fingerprint density at radius 2 is 2.17 bits per heavy atom. The Labute approximate surface area is 144 Å². The van der Waals surface area contributed by atoms with Crippen molar-refractivity contribution in [3.8, 4) is 0 Å². The highest BCUT2D eigenvalue weighted by Crippen LogP contribution is 2.23. The molecular formula is C19H27N5. The molecule has 1 heterocycles. The van der Waals surface area contributed by atoms with Crippen molar-refractivity contribution < 1.29 is 0 Å². The number of nitrogens with zero attached hydrogens (tertiary/aromatic N) is 3. The highest BCUT2D eigenvalue weighted by Gasteiger charge is 2.10. The molecule has 0 spiro atoms. The first-order chi connectivity index (χ1) is 11.8. The predicted octanol–water partition coefficient (Wildman–Crippen LogP) is 2.52. The van der Waals surface area contributed by atoms with Gasteiger partial charge in [-0.15, -0.1) is 0 Å². The van der Waals surface area contributed by atoms with Crippen LogP contribution >= 0.6 is 0 Å². The van der Waals surface area contributed by atoms with Crippen LogP contribution in [0.2, 0.25) is 0 Å². The van der Waals surface area contributed by atoms with Crippen LogP contribution in [0.25, 0.3) is 0 Å². The highest BCUT2D eigenvalue weighted by atomic mass is 15.3. The van der Waals surface area contributed by atoms with Gasteiger partial charge in [0, 0.05) is 32.0 Å². The summed E-state index contributed by atoms with van der Waals surface area (Å²) in [5.74, 6) is 0.887. The summed E-state index contributed by atoms with van der Waals surface area (Å²) in [7, 11) is 0. The Kier molecular flexibility index (Phi) is 5.88. The smallest absolute Gasteiger partial charge is 0.191 e. The van der Waals surface area contributed by atoms with Crippen LogP contribution in [0.5, 0.6) is 0 Å². The maximum Gasteiger partial charge on any atom is 0.191 e. The lowest BCUT2D eigenvalue weighted by Crippen LogP contribution is -2.38. The Bertz CT molecular complexity index is 660. The van der Waals surface area contributed by atoms with Crippen LogP contribution in [-0.4, -0.2) is 28.8 Å². The normalized spacial score (nSPS) is 13.8. The molecule has 1 aliphatic carbocycles. The molecule has 3 rings (SSSR count). The molecule has 128 valence electrons. The van der Waals surface area contributed by atoms with Crippen molar-refractivity contribution in [3.05, 3.63) is 53.3 Å². The number of aromatic nitrogens is 2. The number of nitrogens with one attached hydrogen (secondary N) is 2. The Balaban J connectivity index is 1.49. The molecule has 24 heavy (non-hydrogen) atoms. The van der Waals surface area contributed by atoms with E-state index in [1.54, 1.807) is 0 Å². The number of hydrogen-bond donors (Lipinski definition) is 2. The first-order valence-electron chi connectivity index (χ1n) is 8.95. The highest BCUT2D eigenvalue weighted by molar-refractivity contribution is 5.79. The third kappa shape index (κ3) is 4.60. The second-order valence-electron chi connectivity index (χ2n) is 6.20. The largest absolute Gasteiger partial charge is 0.357 e. The number of guanidine groups is 1. The number of rotatable bonds is 7. The average Bonchev–Trinajstić information content (AvgIpc) is 3.27. The van der Waals surface area contributed by atoms with Crippen molar-refractivity contribution in [2.24, 2.45) is 4.99 Å². The van der Waals surface area contributed by atoms with E-state index in [0.29, 0.717) is 0 Å². The molecule has 1 aromatic carbocycles. The van der Waals surface area contributed by atoms with Crippen molar-refractivity contribution in [2.45, 2.75) is 45.7 Å². The molecule has 0 saturated carbocycles. The number of aryl methyl sites for hydroxylation is 3. The molecule has 2 aromatic rings. The molecular weight excluding hydrogens is 298 g/mol. The number of benzene rings is 1. The van der Waals surface area contributed by atoms with Gasteiger partial charge in [-0.25, -0.2) is 4.99 Å². The molecule has 1 aromatic heterocycles. The van der Waals surface area contributed by atoms with E-state index in [0.717, 1.165) is 38.6 Å². The van der Waals surface area contributed by atoms with E-state index in [1.807, 2.05) is 23.1 Å². The summed E-state index contributed by atoms with van der Waals surface area (Å²) in [5, 5.41) is 10.9. The molecule has 2 N–H and O–H groups in total. The van der Waals surface area contributed by atoms with Gasteiger partial charge in [0.15, 0.2) is 5.96 Å². The maximum absolute atomic E-state index is 4.72. The molecule has 0 unspecified atom stereocenters. The van der Waals surface area contributed by atoms with Crippen LogP contribution in [0.1, 0.15) is 36.5 Å². The van der Waals surface area contributed by atoms with Crippen LogP contribution in [0, 0.1) is 0 Å². The van der Waals surface area contributed by atoms with E-state index in [9.17, 15) is 0 Å². The van der Waals surface area contributed by atoms with E-state index in [2.05, 4.69) is 40.9 Å². The van der Waals surface area contributed by atoms with Gasteiger partial charge in [0.05, 0.1) is 6.54 Å². The Morgan fingerprint density at radius 1 is 1.25 bits per heavy atom. The van der Waals surface area contributed by atoms with Gasteiger partial charge < -0.3 is 10.6 Å². The number of hydrogen-bond acceptors (Lipinski definition) is 2. The Morgan fingerprint density at radius 3 is 3.00 bits per heavy atom. The van der Waals surface area contributed by atoms with Gasteiger partial charge in [0.25, 0.3) is 0 Å². The summed E-state index contributed by atoms with van der Waals surface area (Å²) in [6, 6.07) is 8.77. The molecule has 0 bridgehead atoms. The lowest BCUT2D eigenvalue weighted by molar-refractivity contribution is 0.570. The minimum atomic E-state index is 0.724. The van der Waals surface area contributed by atoms with E-state index in [-0.39, 0.29) is 0 Å². The molecule has 5 nitrogen and oxygen atoms in total. The molecule has 0 saturated heterocycles. The topological polar surface area (TPSA) is 54.2 Å². The van der Waals surface area contributed by atoms with Gasteiger partial charge in [-0.2, -0.15) is 5.10 Å². The van der Waals surface area contributed by atoms with Crippen molar-refractivity contribution in [2.75, 3.05) is 13.1 Å². The molecule has 1 aliphatic rings. The van der Waals surface area contributed by atoms with Gasteiger partial charge >= 0.3 is 0 Å². The van der Waals surface area contributed by atoms with Gasteiger partial charge in [-0.1, -0.05) is 18.2 Å². The van der Waals surface area contributed by atoms with Crippen LogP contribution in [0.4, 0.5) is 0 Å². The third-order valence-corrected chi connectivity index (χ3v) is 4.34. The Hall–Kier alpha value is -2.30. The van der Waals surface area contributed by atoms with E-state index in [4.69, 9.17) is 4.99 Å². The van der Waals surface area contributed by atoms with Gasteiger partial charge in [0.2, 0.25) is 0 Å². The zero-order valence-corrected chi connectivity index (χ0v) is 14.5. The zero-order valence-electron chi connectivity index (χ0n) is 14.5. The number of fused-ring (bicyclic) bond motifs is 1. The standard InChI is InChI=1S/C19H27N5/c1-2-20-19(21-10-4-12-24-13-5-11-23-24)22-15-16-8-9-17-6-3-7-18(17)14-16/h5,8-9,11,13-14H,2-4,6-7,10,12,15H2,1H3,(H2,20,21,22). The quantitative estimate of drug-likeness (QED) is 0.467. The summed E-state index contributed by atoms with van der Waals surface area (Å²) in [6.45, 7) is 5.49. The second kappa shape index (κ2) is 8.52. The first-order valence-corrected chi connectivity index (χ1v) is 8.95.